The summed E-state index contributed by atoms with van der Waals surface area (Å²) in [5.74, 6) is 0.788. The van der Waals surface area contributed by atoms with Crippen molar-refractivity contribution in [1.29, 1.82) is 0 Å². The zero-order chi connectivity index (χ0) is 13.7. The van der Waals surface area contributed by atoms with E-state index in [1.54, 1.807) is 7.11 Å². The van der Waals surface area contributed by atoms with E-state index in [4.69, 9.17) is 4.74 Å². The number of nitrogens with zero attached hydrogens (tertiary/aromatic N) is 1. The predicted molar refractivity (Wildman–Crippen MR) is 80.9 cm³/mol. The van der Waals surface area contributed by atoms with Gasteiger partial charge >= 0.3 is 0 Å². The minimum atomic E-state index is -0.359. The standard InChI is InChI=1S/C14H21BrN2O2/c1-19-14-5-4-11(15)8-13(14)16-9-12(18)10-17-6-2-3-7-17/h4-5,8,12,16,18H,2-3,6-7,9-10H2,1H3. The first kappa shape index (κ1) is 14.6. The van der Waals surface area contributed by atoms with Gasteiger partial charge in [-0.25, -0.2) is 0 Å². The monoisotopic (exact) mass is 328 g/mol. The number of hydrogen-bond donors (Lipinski definition) is 2. The zero-order valence-corrected chi connectivity index (χ0v) is 12.8. The number of nitrogens with one attached hydrogen (secondary N) is 1. The molecule has 19 heavy (non-hydrogen) atoms. The lowest BCUT2D eigenvalue weighted by Gasteiger charge is -2.20. The van der Waals surface area contributed by atoms with Crippen LogP contribution in [0, 0.1) is 0 Å². The highest BCUT2D eigenvalue weighted by atomic mass is 79.9. The minimum Gasteiger partial charge on any atom is -0.495 e. The molecule has 0 amide bonds. The average molecular weight is 329 g/mol. The molecule has 1 fully saturated rings. The van der Waals surface area contributed by atoms with E-state index in [2.05, 4.69) is 26.1 Å². The third-order valence-electron chi connectivity index (χ3n) is 3.36. The molecule has 1 aliphatic heterocycles. The van der Waals surface area contributed by atoms with Crippen LogP contribution in [0.2, 0.25) is 0 Å². The molecule has 1 aromatic carbocycles. The van der Waals surface area contributed by atoms with Gasteiger partial charge in [-0.2, -0.15) is 0 Å². The zero-order valence-electron chi connectivity index (χ0n) is 11.2. The van der Waals surface area contributed by atoms with Crippen molar-refractivity contribution in [3.05, 3.63) is 22.7 Å². The topological polar surface area (TPSA) is 44.7 Å². The number of ether oxygens (including phenoxy) is 1. The number of halogens is 1. The van der Waals surface area contributed by atoms with Crippen LogP contribution < -0.4 is 10.1 Å². The van der Waals surface area contributed by atoms with Crippen molar-refractivity contribution < 1.29 is 9.84 Å². The van der Waals surface area contributed by atoms with Crippen LogP contribution in [0.5, 0.6) is 5.75 Å². The molecule has 2 N–H and O–H groups in total. The summed E-state index contributed by atoms with van der Waals surface area (Å²) in [6.07, 6.45) is 2.14. The lowest BCUT2D eigenvalue weighted by molar-refractivity contribution is 0.135. The van der Waals surface area contributed by atoms with Gasteiger partial charge in [0.1, 0.15) is 5.75 Å². The maximum absolute atomic E-state index is 10.0. The highest BCUT2D eigenvalue weighted by Gasteiger charge is 2.15. The van der Waals surface area contributed by atoms with Crippen LogP contribution >= 0.6 is 15.9 Å². The molecule has 2 rings (SSSR count). The van der Waals surface area contributed by atoms with Gasteiger partial charge in [-0.1, -0.05) is 15.9 Å². The summed E-state index contributed by atoms with van der Waals surface area (Å²) in [5.41, 5.74) is 0.900. The Bertz CT molecular complexity index is 408. The predicted octanol–water partition coefficient (Wildman–Crippen LogP) is 2.33. The van der Waals surface area contributed by atoms with Crippen LogP contribution in [0.25, 0.3) is 0 Å². The molecule has 106 valence electrons. The molecule has 1 aromatic rings. The first-order valence-corrected chi connectivity index (χ1v) is 7.46. The minimum absolute atomic E-state index is 0.359. The van der Waals surface area contributed by atoms with Crippen LogP contribution in [0.3, 0.4) is 0 Å². The fraction of sp³-hybridized carbons (Fsp3) is 0.571. The summed E-state index contributed by atoms with van der Waals surface area (Å²) in [7, 11) is 1.65. The van der Waals surface area contributed by atoms with Crippen LogP contribution in [0.1, 0.15) is 12.8 Å². The Morgan fingerprint density at radius 3 is 2.84 bits per heavy atom. The molecule has 1 atom stereocenters. The van der Waals surface area contributed by atoms with E-state index in [0.717, 1.165) is 35.5 Å². The molecule has 1 aliphatic rings. The van der Waals surface area contributed by atoms with Crippen molar-refractivity contribution in [3.63, 3.8) is 0 Å². The lowest BCUT2D eigenvalue weighted by atomic mass is 10.2. The fourth-order valence-corrected chi connectivity index (χ4v) is 2.73. The molecule has 0 radical (unpaired) electrons. The lowest BCUT2D eigenvalue weighted by Crippen LogP contribution is -2.34. The highest BCUT2D eigenvalue weighted by molar-refractivity contribution is 9.10. The second-order valence-corrected chi connectivity index (χ2v) is 5.80. The van der Waals surface area contributed by atoms with Crippen molar-refractivity contribution in [3.8, 4) is 5.75 Å². The van der Waals surface area contributed by atoms with Crippen molar-refractivity contribution >= 4 is 21.6 Å². The molecular formula is C14H21BrN2O2. The number of rotatable bonds is 6. The molecular weight excluding hydrogens is 308 g/mol. The molecule has 1 unspecified atom stereocenters. The number of benzene rings is 1. The summed E-state index contributed by atoms with van der Waals surface area (Å²) in [6.45, 7) is 3.49. The number of likely N-dealkylation sites (tertiary alicyclic amines) is 1. The highest BCUT2D eigenvalue weighted by Crippen LogP contribution is 2.27. The molecule has 0 aliphatic carbocycles. The number of anilines is 1. The van der Waals surface area contributed by atoms with E-state index < -0.39 is 0 Å². The molecule has 1 heterocycles. The SMILES string of the molecule is COc1ccc(Br)cc1NCC(O)CN1CCCC1. The number of hydrogen-bond acceptors (Lipinski definition) is 4. The van der Waals surface area contributed by atoms with E-state index in [0.29, 0.717) is 6.54 Å². The van der Waals surface area contributed by atoms with Gasteiger partial charge in [0.25, 0.3) is 0 Å². The quantitative estimate of drug-likeness (QED) is 0.841. The van der Waals surface area contributed by atoms with E-state index in [-0.39, 0.29) is 6.10 Å². The van der Waals surface area contributed by atoms with Gasteiger partial charge in [-0.3, -0.25) is 0 Å². The molecule has 4 nitrogen and oxygen atoms in total. The average Bonchev–Trinajstić information content (AvgIpc) is 2.89. The van der Waals surface area contributed by atoms with Gasteiger partial charge in [0, 0.05) is 17.6 Å². The van der Waals surface area contributed by atoms with Gasteiger partial charge < -0.3 is 20.1 Å². The molecule has 0 spiro atoms. The van der Waals surface area contributed by atoms with Crippen molar-refractivity contribution in [1.82, 2.24) is 4.90 Å². The Morgan fingerprint density at radius 2 is 2.16 bits per heavy atom. The van der Waals surface area contributed by atoms with Gasteiger partial charge in [-0.15, -0.1) is 0 Å². The number of aliphatic hydroxyl groups excluding tert-OH is 1. The smallest absolute Gasteiger partial charge is 0.142 e. The largest absolute Gasteiger partial charge is 0.495 e. The van der Waals surface area contributed by atoms with Crippen molar-refractivity contribution in [2.75, 3.05) is 38.6 Å². The Morgan fingerprint density at radius 1 is 1.42 bits per heavy atom. The summed E-state index contributed by atoms with van der Waals surface area (Å²) >= 11 is 3.44. The number of methoxy groups -OCH3 is 1. The Balaban J connectivity index is 1.85. The number of β-amino-alcohol motifs (C(OH)–C–C–N with tert-alkyl or cyclic N) is 1. The third kappa shape index (κ3) is 4.37. The Hall–Kier alpha value is -0.780. The van der Waals surface area contributed by atoms with Crippen molar-refractivity contribution in [2.45, 2.75) is 18.9 Å². The first-order valence-electron chi connectivity index (χ1n) is 6.67. The Labute approximate surface area is 122 Å². The summed E-state index contributed by atoms with van der Waals surface area (Å²) in [6, 6.07) is 5.80. The molecule has 0 aromatic heterocycles. The van der Waals surface area contributed by atoms with Gasteiger partial charge in [0.2, 0.25) is 0 Å². The van der Waals surface area contributed by atoms with Crippen molar-refractivity contribution in [2.24, 2.45) is 0 Å². The van der Waals surface area contributed by atoms with Crippen LogP contribution in [0.15, 0.2) is 22.7 Å². The molecule has 0 saturated carbocycles. The third-order valence-corrected chi connectivity index (χ3v) is 3.85. The number of aliphatic hydroxyl groups is 1. The second-order valence-electron chi connectivity index (χ2n) is 4.89. The fourth-order valence-electron chi connectivity index (χ4n) is 2.37. The summed E-state index contributed by atoms with van der Waals surface area (Å²) < 4.78 is 6.28. The van der Waals surface area contributed by atoms with Gasteiger partial charge in [-0.05, 0) is 44.1 Å². The maximum Gasteiger partial charge on any atom is 0.142 e. The van der Waals surface area contributed by atoms with Crippen LogP contribution in [0.4, 0.5) is 5.69 Å². The summed E-state index contributed by atoms with van der Waals surface area (Å²) in [4.78, 5) is 2.31. The van der Waals surface area contributed by atoms with Crippen LogP contribution in [-0.4, -0.2) is 49.4 Å². The summed E-state index contributed by atoms with van der Waals surface area (Å²) in [5, 5.41) is 13.3. The molecule has 5 heteroatoms. The maximum atomic E-state index is 10.0. The molecule has 0 bridgehead atoms. The van der Waals surface area contributed by atoms with E-state index in [9.17, 15) is 5.11 Å². The normalized spacial score (nSPS) is 17.4. The Kier molecular flexibility index (Phi) is 5.48. The van der Waals surface area contributed by atoms with Gasteiger partial charge in [0.15, 0.2) is 0 Å². The van der Waals surface area contributed by atoms with E-state index in [1.165, 1.54) is 12.8 Å². The van der Waals surface area contributed by atoms with Crippen LogP contribution in [-0.2, 0) is 0 Å². The first-order chi connectivity index (χ1) is 9.19. The van der Waals surface area contributed by atoms with E-state index in [1.807, 2.05) is 18.2 Å². The van der Waals surface area contributed by atoms with Gasteiger partial charge in [0.05, 0.1) is 18.9 Å². The second kappa shape index (κ2) is 7.12. The van der Waals surface area contributed by atoms with E-state index >= 15 is 0 Å². The molecule has 1 saturated heterocycles.